The Morgan fingerprint density at radius 2 is 1.17 bits per heavy atom. The number of nitrogens with zero attached hydrogens (tertiary/aromatic N) is 1. The van der Waals surface area contributed by atoms with Crippen LogP contribution < -0.4 is 9.64 Å². The predicted octanol–water partition coefficient (Wildman–Crippen LogP) is 7.92. The van der Waals surface area contributed by atoms with Crippen molar-refractivity contribution in [3.8, 4) is 28.7 Å². The molecular formula is C30H31NO4. The standard InChI is InChI=1S/C30H31NO4/c1-17-12-25(21(5)27(32)14-17)31(26-13-18(2)15-28(33)22(26)6)23-8-7-9-24(16-23)35-30-20(4)11-10-19(3)29(30)34/h7-16,32-34H,1-6H3. The van der Waals surface area contributed by atoms with Crippen molar-refractivity contribution in [2.24, 2.45) is 0 Å². The van der Waals surface area contributed by atoms with Crippen molar-refractivity contribution >= 4 is 17.1 Å². The molecular weight excluding hydrogens is 438 g/mol. The van der Waals surface area contributed by atoms with Gasteiger partial charge in [-0.1, -0.05) is 18.2 Å². The summed E-state index contributed by atoms with van der Waals surface area (Å²) in [6, 6.07) is 18.8. The first-order valence-electron chi connectivity index (χ1n) is 11.5. The quantitative estimate of drug-likeness (QED) is 0.277. The second kappa shape index (κ2) is 9.26. The van der Waals surface area contributed by atoms with E-state index in [1.807, 2.05) is 95.0 Å². The molecule has 0 aliphatic heterocycles. The zero-order chi connectivity index (χ0) is 25.4. The average Bonchev–Trinajstić information content (AvgIpc) is 2.80. The number of benzene rings is 4. The number of phenolic OH excluding ortho intramolecular Hbond substituents is 3. The molecule has 4 aromatic carbocycles. The monoisotopic (exact) mass is 469 g/mol. The van der Waals surface area contributed by atoms with Crippen LogP contribution in [0.2, 0.25) is 0 Å². The molecule has 3 N–H and O–H groups in total. The first-order chi connectivity index (χ1) is 16.6. The van der Waals surface area contributed by atoms with Gasteiger partial charge >= 0.3 is 0 Å². The van der Waals surface area contributed by atoms with Crippen LogP contribution in [-0.2, 0) is 0 Å². The van der Waals surface area contributed by atoms with Gasteiger partial charge < -0.3 is 25.0 Å². The van der Waals surface area contributed by atoms with E-state index in [2.05, 4.69) is 0 Å². The summed E-state index contributed by atoms with van der Waals surface area (Å²) >= 11 is 0. The van der Waals surface area contributed by atoms with E-state index in [-0.39, 0.29) is 17.2 Å². The van der Waals surface area contributed by atoms with E-state index in [1.165, 1.54) is 0 Å². The Hall–Kier alpha value is -4.12. The Morgan fingerprint density at radius 3 is 1.74 bits per heavy atom. The molecule has 4 aromatic rings. The van der Waals surface area contributed by atoms with Crippen LogP contribution >= 0.6 is 0 Å². The van der Waals surface area contributed by atoms with Crippen LogP contribution in [0.25, 0.3) is 0 Å². The van der Waals surface area contributed by atoms with Crippen molar-refractivity contribution in [1.29, 1.82) is 0 Å². The molecule has 0 aliphatic rings. The minimum atomic E-state index is 0.117. The van der Waals surface area contributed by atoms with Crippen molar-refractivity contribution in [2.45, 2.75) is 41.5 Å². The normalized spacial score (nSPS) is 10.9. The molecule has 35 heavy (non-hydrogen) atoms. The summed E-state index contributed by atoms with van der Waals surface area (Å²) in [5.41, 5.74) is 7.20. The minimum Gasteiger partial charge on any atom is -0.508 e. The maximum Gasteiger partial charge on any atom is 0.172 e. The van der Waals surface area contributed by atoms with Gasteiger partial charge in [0.25, 0.3) is 0 Å². The molecule has 0 amide bonds. The van der Waals surface area contributed by atoms with Gasteiger partial charge in [-0.2, -0.15) is 0 Å². The third kappa shape index (κ3) is 4.62. The smallest absolute Gasteiger partial charge is 0.172 e. The van der Waals surface area contributed by atoms with Gasteiger partial charge in [0.05, 0.1) is 11.4 Å². The first-order valence-corrected chi connectivity index (χ1v) is 11.5. The molecule has 180 valence electrons. The lowest BCUT2D eigenvalue weighted by Crippen LogP contribution is -2.13. The van der Waals surface area contributed by atoms with E-state index >= 15 is 0 Å². The van der Waals surface area contributed by atoms with E-state index < -0.39 is 0 Å². The number of ether oxygens (including phenoxy) is 1. The Morgan fingerprint density at radius 1 is 0.629 bits per heavy atom. The highest BCUT2D eigenvalue weighted by atomic mass is 16.5. The maximum atomic E-state index is 10.6. The fraction of sp³-hybridized carbons (Fsp3) is 0.200. The van der Waals surface area contributed by atoms with Crippen LogP contribution in [0.1, 0.15) is 33.4 Å². The first kappa shape index (κ1) is 24.0. The van der Waals surface area contributed by atoms with E-state index in [0.29, 0.717) is 11.5 Å². The maximum absolute atomic E-state index is 10.6. The lowest BCUT2D eigenvalue weighted by molar-refractivity contribution is 0.406. The van der Waals surface area contributed by atoms with Gasteiger partial charge in [0.1, 0.15) is 17.2 Å². The Kier molecular flexibility index (Phi) is 6.35. The third-order valence-corrected chi connectivity index (χ3v) is 6.30. The molecule has 4 rings (SSSR count). The lowest BCUT2D eigenvalue weighted by Gasteiger charge is -2.30. The van der Waals surface area contributed by atoms with Gasteiger partial charge in [-0.05, 0) is 100 Å². The number of aryl methyl sites for hydroxylation is 4. The van der Waals surface area contributed by atoms with Crippen LogP contribution in [0.5, 0.6) is 28.7 Å². The second-order valence-electron chi connectivity index (χ2n) is 9.17. The molecule has 0 saturated heterocycles. The van der Waals surface area contributed by atoms with Gasteiger partial charge in [0, 0.05) is 22.9 Å². The van der Waals surface area contributed by atoms with Crippen LogP contribution in [0.15, 0.2) is 60.7 Å². The number of aromatic hydroxyl groups is 3. The highest BCUT2D eigenvalue weighted by molar-refractivity contribution is 5.83. The number of phenols is 3. The van der Waals surface area contributed by atoms with Gasteiger partial charge in [-0.3, -0.25) is 0 Å². The second-order valence-corrected chi connectivity index (χ2v) is 9.17. The lowest BCUT2D eigenvalue weighted by atomic mass is 10.0. The molecule has 0 bridgehead atoms. The van der Waals surface area contributed by atoms with Crippen molar-refractivity contribution in [3.63, 3.8) is 0 Å². The molecule has 0 heterocycles. The highest BCUT2D eigenvalue weighted by Crippen LogP contribution is 2.45. The summed E-state index contributed by atoms with van der Waals surface area (Å²) in [5.74, 6) is 1.49. The van der Waals surface area contributed by atoms with E-state index in [1.54, 1.807) is 12.1 Å². The zero-order valence-corrected chi connectivity index (χ0v) is 21.0. The summed E-state index contributed by atoms with van der Waals surface area (Å²) < 4.78 is 6.16. The highest BCUT2D eigenvalue weighted by Gasteiger charge is 2.21. The average molecular weight is 470 g/mol. The predicted molar refractivity (Wildman–Crippen MR) is 141 cm³/mol. The Bertz CT molecular complexity index is 1370. The van der Waals surface area contributed by atoms with Crippen LogP contribution in [-0.4, -0.2) is 15.3 Å². The molecule has 5 nitrogen and oxygen atoms in total. The Labute approximate surface area is 206 Å². The molecule has 0 aromatic heterocycles. The van der Waals surface area contributed by atoms with Crippen molar-refractivity contribution in [1.82, 2.24) is 0 Å². The van der Waals surface area contributed by atoms with Gasteiger partial charge in [0.15, 0.2) is 11.5 Å². The van der Waals surface area contributed by atoms with Crippen molar-refractivity contribution in [3.05, 3.63) is 94.0 Å². The SMILES string of the molecule is Cc1cc(O)c(C)c(N(c2cccc(Oc3c(C)ccc(C)c3O)c2)c2cc(C)cc(O)c2C)c1. The van der Waals surface area contributed by atoms with Gasteiger partial charge in [-0.25, -0.2) is 0 Å². The van der Waals surface area contributed by atoms with Crippen LogP contribution in [0.4, 0.5) is 17.1 Å². The molecule has 0 saturated carbocycles. The molecule has 0 spiro atoms. The number of hydrogen-bond acceptors (Lipinski definition) is 5. The van der Waals surface area contributed by atoms with Crippen molar-refractivity contribution < 1.29 is 20.1 Å². The van der Waals surface area contributed by atoms with E-state index in [4.69, 9.17) is 4.74 Å². The van der Waals surface area contributed by atoms with Crippen LogP contribution in [0, 0.1) is 41.5 Å². The van der Waals surface area contributed by atoms with E-state index in [9.17, 15) is 15.3 Å². The fourth-order valence-corrected chi connectivity index (χ4v) is 4.22. The Balaban J connectivity index is 1.92. The van der Waals surface area contributed by atoms with Gasteiger partial charge in [0.2, 0.25) is 0 Å². The topological polar surface area (TPSA) is 73.2 Å². The largest absolute Gasteiger partial charge is 0.508 e. The summed E-state index contributed by atoms with van der Waals surface area (Å²) in [6.45, 7) is 11.3. The minimum absolute atomic E-state index is 0.117. The number of hydrogen-bond donors (Lipinski definition) is 3. The molecule has 5 heteroatoms. The zero-order valence-electron chi connectivity index (χ0n) is 21.0. The summed E-state index contributed by atoms with van der Waals surface area (Å²) in [6.07, 6.45) is 0. The molecule has 0 aliphatic carbocycles. The third-order valence-electron chi connectivity index (χ3n) is 6.30. The molecule has 0 unspecified atom stereocenters. The molecule has 0 atom stereocenters. The summed E-state index contributed by atoms with van der Waals surface area (Å²) in [5, 5.41) is 31.8. The molecule has 0 radical (unpaired) electrons. The van der Waals surface area contributed by atoms with Gasteiger partial charge in [-0.15, -0.1) is 0 Å². The summed E-state index contributed by atoms with van der Waals surface area (Å²) in [7, 11) is 0. The fourth-order valence-electron chi connectivity index (χ4n) is 4.22. The van der Waals surface area contributed by atoms with E-state index in [0.717, 1.165) is 50.4 Å². The van der Waals surface area contributed by atoms with Crippen LogP contribution in [0.3, 0.4) is 0 Å². The summed E-state index contributed by atoms with van der Waals surface area (Å²) in [4.78, 5) is 2.01. The number of anilines is 3. The van der Waals surface area contributed by atoms with Crippen molar-refractivity contribution in [2.75, 3.05) is 4.90 Å². The molecule has 0 fully saturated rings. The number of rotatable bonds is 5.